The molecule has 0 aliphatic rings. The minimum absolute atomic E-state index is 0.339. The van der Waals surface area contributed by atoms with Crippen LogP contribution in [0.15, 0.2) is 53.5 Å². The molecular formula is C19H24FN3O. The van der Waals surface area contributed by atoms with Crippen LogP contribution in [-0.2, 0) is 13.0 Å². The number of guanidine groups is 1. The SMILES string of the molecule is CCNC(=NCc1ccc(O)c(F)c1)NCCCc1ccccc1. The van der Waals surface area contributed by atoms with Crippen LogP contribution in [0, 0.1) is 5.82 Å². The van der Waals surface area contributed by atoms with Crippen molar-refractivity contribution in [3.8, 4) is 5.75 Å². The van der Waals surface area contributed by atoms with Gasteiger partial charge in [-0.15, -0.1) is 0 Å². The number of aliphatic imine (C=N–C) groups is 1. The monoisotopic (exact) mass is 329 g/mol. The first kappa shape index (κ1) is 17.8. The summed E-state index contributed by atoms with van der Waals surface area (Å²) in [6.07, 6.45) is 2.01. The summed E-state index contributed by atoms with van der Waals surface area (Å²) in [4.78, 5) is 4.45. The maximum absolute atomic E-state index is 13.3. The van der Waals surface area contributed by atoms with E-state index in [2.05, 4.69) is 27.8 Å². The molecule has 0 fully saturated rings. The second kappa shape index (κ2) is 9.55. The van der Waals surface area contributed by atoms with Gasteiger partial charge in [-0.05, 0) is 43.0 Å². The summed E-state index contributed by atoms with van der Waals surface area (Å²) in [5.41, 5.74) is 2.03. The molecule has 0 aliphatic heterocycles. The molecule has 128 valence electrons. The maximum Gasteiger partial charge on any atom is 0.191 e. The number of rotatable bonds is 7. The van der Waals surface area contributed by atoms with Crippen LogP contribution >= 0.6 is 0 Å². The smallest absolute Gasteiger partial charge is 0.191 e. The average molecular weight is 329 g/mol. The lowest BCUT2D eigenvalue weighted by molar-refractivity contribution is 0.432. The molecule has 4 nitrogen and oxygen atoms in total. The molecule has 2 aromatic rings. The maximum atomic E-state index is 13.3. The predicted octanol–water partition coefficient (Wildman–Crippen LogP) is 3.22. The van der Waals surface area contributed by atoms with E-state index in [0.717, 1.165) is 25.9 Å². The summed E-state index contributed by atoms with van der Waals surface area (Å²) >= 11 is 0. The van der Waals surface area contributed by atoms with Crippen LogP contribution in [0.3, 0.4) is 0 Å². The molecule has 5 heteroatoms. The number of halogens is 1. The van der Waals surface area contributed by atoms with Gasteiger partial charge in [-0.25, -0.2) is 9.38 Å². The predicted molar refractivity (Wildman–Crippen MR) is 95.6 cm³/mol. The van der Waals surface area contributed by atoms with Crippen LogP contribution in [0.5, 0.6) is 5.75 Å². The molecule has 0 amide bonds. The molecule has 0 bridgehead atoms. The molecule has 24 heavy (non-hydrogen) atoms. The Morgan fingerprint density at radius 3 is 2.58 bits per heavy atom. The van der Waals surface area contributed by atoms with E-state index < -0.39 is 5.82 Å². The Balaban J connectivity index is 1.82. The first-order valence-corrected chi connectivity index (χ1v) is 8.22. The molecule has 2 aromatic carbocycles. The topological polar surface area (TPSA) is 56.7 Å². The highest BCUT2D eigenvalue weighted by molar-refractivity contribution is 5.79. The Hall–Kier alpha value is -2.56. The summed E-state index contributed by atoms with van der Waals surface area (Å²) in [5, 5.41) is 15.7. The van der Waals surface area contributed by atoms with Crippen molar-refractivity contribution in [1.29, 1.82) is 0 Å². The lowest BCUT2D eigenvalue weighted by atomic mass is 10.1. The fourth-order valence-corrected chi connectivity index (χ4v) is 2.30. The number of nitrogens with one attached hydrogen (secondary N) is 2. The first-order valence-electron chi connectivity index (χ1n) is 8.22. The molecular weight excluding hydrogens is 305 g/mol. The number of benzene rings is 2. The number of hydrogen-bond acceptors (Lipinski definition) is 2. The molecule has 2 rings (SSSR count). The summed E-state index contributed by atoms with van der Waals surface area (Å²) in [5.74, 6) is -0.253. The zero-order chi connectivity index (χ0) is 17.2. The van der Waals surface area contributed by atoms with Gasteiger partial charge in [0.25, 0.3) is 0 Å². The van der Waals surface area contributed by atoms with Crippen LogP contribution < -0.4 is 10.6 Å². The van der Waals surface area contributed by atoms with Gasteiger partial charge >= 0.3 is 0 Å². The Morgan fingerprint density at radius 1 is 1.08 bits per heavy atom. The van der Waals surface area contributed by atoms with E-state index in [1.165, 1.54) is 17.7 Å². The highest BCUT2D eigenvalue weighted by Gasteiger charge is 2.02. The number of aryl methyl sites for hydroxylation is 1. The van der Waals surface area contributed by atoms with Crippen molar-refractivity contribution in [3.05, 3.63) is 65.5 Å². The highest BCUT2D eigenvalue weighted by Crippen LogP contribution is 2.16. The van der Waals surface area contributed by atoms with Crippen LogP contribution in [0.25, 0.3) is 0 Å². The molecule has 0 atom stereocenters. The van der Waals surface area contributed by atoms with Gasteiger partial charge in [0.05, 0.1) is 6.54 Å². The van der Waals surface area contributed by atoms with Crippen LogP contribution in [0.4, 0.5) is 4.39 Å². The Labute approximate surface area is 142 Å². The molecule has 0 saturated heterocycles. The van der Waals surface area contributed by atoms with E-state index in [0.29, 0.717) is 18.1 Å². The van der Waals surface area contributed by atoms with E-state index in [-0.39, 0.29) is 5.75 Å². The van der Waals surface area contributed by atoms with E-state index in [9.17, 15) is 9.50 Å². The van der Waals surface area contributed by atoms with Crippen molar-refractivity contribution in [2.24, 2.45) is 4.99 Å². The molecule has 0 radical (unpaired) electrons. The third-order valence-electron chi connectivity index (χ3n) is 3.55. The Kier molecular flexibility index (Phi) is 7.08. The Morgan fingerprint density at radius 2 is 1.88 bits per heavy atom. The first-order chi connectivity index (χ1) is 11.7. The van der Waals surface area contributed by atoms with Gasteiger partial charge in [-0.1, -0.05) is 36.4 Å². The fraction of sp³-hybridized carbons (Fsp3) is 0.316. The van der Waals surface area contributed by atoms with Gasteiger partial charge in [-0.3, -0.25) is 0 Å². The molecule has 0 aromatic heterocycles. The molecule has 3 N–H and O–H groups in total. The van der Waals surface area contributed by atoms with E-state index >= 15 is 0 Å². The number of phenols is 1. The molecule has 0 aliphatic carbocycles. The normalized spacial score (nSPS) is 11.3. The van der Waals surface area contributed by atoms with Crippen molar-refractivity contribution >= 4 is 5.96 Å². The standard InChI is InChI=1S/C19H24FN3O/c1-2-21-19(22-12-6-9-15-7-4-3-5-8-15)23-14-16-10-11-18(24)17(20)13-16/h3-5,7-8,10-11,13,24H,2,6,9,12,14H2,1H3,(H2,21,22,23). The summed E-state index contributed by atoms with van der Waals surface area (Å²) in [6.45, 7) is 3.92. The summed E-state index contributed by atoms with van der Waals surface area (Å²) < 4.78 is 13.3. The van der Waals surface area contributed by atoms with Crippen molar-refractivity contribution in [2.45, 2.75) is 26.3 Å². The van der Waals surface area contributed by atoms with Gasteiger partial charge in [0, 0.05) is 13.1 Å². The van der Waals surface area contributed by atoms with Crippen LogP contribution in [0.1, 0.15) is 24.5 Å². The van der Waals surface area contributed by atoms with Crippen molar-refractivity contribution in [3.63, 3.8) is 0 Å². The largest absolute Gasteiger partial charge is 0.505 e. The lowest BCUT2D eigenvalue weighted by Gasteiger charge is -2.11. The van der Waals surface area contributed by atoms with Gasteiger partial charge in [0.1, 0.15) is 0 Å². The second-order valence-electron chi connectivity index (χ2n) is 5.50. The van der Waals surface area contributed by atoms with E-state index in [4.69, 9.17) is 0 Å². The van der Waals surface area contributed by atoms with Crippen molar-refractivity contribution in [2.75, 3.05) is 13.1 Å². The van der Waals surface area contributed by atoms with Crippen molar-refractivity contribution < 1.29 is 9.50 Å². The van der Waals surface area contributed by atoms with Crippen molar-refractivity contribution in [1.82, 2.24) is 10.6 Å². The number of nitrogens with zero attached hydrogens (tertiary/aromatic N) is 1. The molecule has 0 spiro atoms. The minimum Gasteiger partial charge on any atom is -0.505 e. The second-order valence-corrected chi connectivity index (χ2v) is 5.50. The lowest BCUT2D eigenvalue weighted by Crippen LogP contribution is -2.37. The number of aromatic hydroxyl groups is 1. The zero-order valence-electron chi connectivity index (χ0n) is 13.9. The van der Waals surface area contributed by atoms with Gasteiger partial charge < -0.3 is 15.7 Å². The summed E-state index contributed by atoms with van der Waals surface area (Å²) in [6, 6.07) is 14.7. The molecule has 0 unspecified atom stereocenters. The third-order valence-corrected chi connectivity index (χ3v) is 3.55. The highest BCUT2D eigenvalue weighted by atomic mass is 19.1. The third kappa shape index (κ3) is 5.91. The Bertz CT molecular complexity index is 659. The fourth-order valence-electron chi connectivity index (χ4n) is 2.30. The number of hydrogen-bond donors (Lipinski definition) is 3. The summed E-state index contributed by atoms with van der Waals surface area (Å²) in [7, 11) is 0. The van der Waals surface area contributed by atoms with E-state index in [1.54, 1.807) is 6.07 Å². The van der Waals surface area contributed by atoms with Gasteiger partial charge in [0.2, 0.25) is 0 Å². The molecule has 0 heterocycles. The van der Waals surface area contributed by atoms with E-state index in [1.807, 2.05) is 25.1 Å². The molecule has 0 saturated carbocycles. The average Bonchev–Trinajstić information content (AvgIpc) is 2.60. The quantitative estimate of drug-likeness (QED) is 0.415. The van der Waals surface area contributed by atoms with Gasteiger partial charge in [0.15, 0.2) is 17.5 Å². The zero-order valence-corrected chi connectivity index (χ0v) is 13.9. The van der Waals surface area contributed by atoms with Crippen LogP contribution in [0.2, 0.25) is 0 Å². The minimum atomic E-state index is -0.622. The number of phenolic OH excluding ortho intramolecular Hbond substituents is 1. The van der Waals surface area contributed by atoms with Crippen LogP contribution in [-0.4, -0.2) is 24.2 Å². The van der Waals surface area contributed by atoms with Gasteiger partial charge in [-0.2, -0.15) is 0 Å².